The highest BCUT2D eigenvalue weighted by atomic mass is 16.5. The van der Waals surface area contributed by atoms with Gasteiger partial charge in [-0.25, -0.2) is 4.79 Å². The molecule has 1 aromatic rings. The third-order valence-corrected chi connectivity index (χ3v) is 4.82. The van der Waals surface area contributed by atoms with Crippen molar-refractivity contribution in [2.24, 2.45) is 5.92 Å². The zero-order valence-electron chi connectivity index (χ0n) is 16.9. The van der Waals surface area contributed by atoms with Crippen LogP contribution in [0.5, 0.6) is 5.75 Å². The molecule has 6 heteroatoms. The van der Waals surface area contributed by atoms with Crippen molar-refractivity contribution in [2.75, 3.05) is 4.90 Å². The van der Waals surface area contributed by atoms with Gasteiger partial charge in [0.2, 0.25) is 0 Å². The van der Waals surface area contributed by atoms with Gasteiger partial charge in [-0.1, -0.05) is 27.7 Å². The summed E-state index contributed by atoms with van der Waals surface area (Å²) in [6.45, 7) is 10.9. The van der Waals surface area contributed by atoms with Gasteiger partial charge in [0.25, 0.3) is 5.91 Å². The van der Waals surface area contributed by atoms with Crippen LogP contribution in [-0.2, 0) is 14.3 Å². The zero-order valence-corrected chi connectivity index (χ0v) is 16.9. The third-order valence-electron chi connectivity index (χ3n) is 4.82. The Kier molecular flexibility index (Phi) is 6.63. The van der Waals surface area contributed by atoms with E-state index < -0.39 is 18.1 Å². The summed E-state index contributed by atoms with van der Waals surface area (Å²) < 4.78 is 11.3. The average molecular weight is 375 g/mol. The molecule has 3 unspecified atom stereocenters. The summed E-state index contributed by atoms with van der Waals surface area (Å²) >= 11 is 0. The molecule has 3 atom stereocenters. The van der Waals surface area contributed by atoms with E-state index in [2.05, 4.69) is 0 Å². The largest absolute Gasteiger partial charge is 0.478 e. The van der Waals surface area contributed by atoms with Crippen LogP contribution < -0.4 is 9.64 Å². The molecule has 0 fully saturated rings. The molecule has 1 heterocycles. The van der Waals surface area contributed by atoms with E-state index in [0.29, 0.717) is 29.8 Å². The van der Waals surface area contributed by atoms with Crippen LogP contribution >= 0.6 is 0 Å². The van der Waals surface area contributed by atoms with Crippen molar-refractivity contribution in [3.63, 3.8) is 0 Å². The summed E-state index contributed by atoms with van der Waals surface area (Å²) in [4.78, 5) is 39.2. The summed E-state index contributed by atoms with van der Waals surface area (Å²) in [5, 5.41) is 0. The highest BCUT2D eigenvalue weighted by molar-refractivity contribution is 6.06. The summed E-state index contributed by atoms with van der Waals surface area (Å²) in [6, 6.07) is 4.20. The fourth-order valence-electron chi connectivity index (χ4n) is 2.93. The second-order valence-corrected chi connectivity index (χ2v) is 7.28. The average Bonchev–Trinajstić information content (AvgIpc) is 2.65. The Bertz CT molecular complexity index is 727. The van der Waals surface area contributed by atoms with E-state index >= 15 is 0 Å². The van der Waals surface area contributed by atoms with Crippen molar-refractivity contribution in [1.82, 2.24) is 0 Å². The number of Topliss-reactive ketones (excluding diaryl/α,β-unsaturated/α-hetero) is 1. The maximum atomic E-state index is 13.1. The van der Waals surface area contributed by atoms with Crippen molar-refractivity contribution in [1.29, 1.82) is 0 Å². The minimum Gasteiger partial charge on any atom is -0.478 e. The summed E-state index contributed by atoms with van der Waals surface area (Å²) in [7, 11) is 0. The van der Waals surface area contributed by atoms with E-state index in [-0.39, 0.29) is 23.7 Å². The van der Waals surface area contributed by atoms with Crippen molar-refractivity contribution >= 4 is 23.3 Å². The molecule has 0 saturated carbocycles. The highest BCUT2D eigenvalue weighted by Gasteiger charge is 2.41. The molecule has 27 heavy (non-hydrogen) atoms. The number of carbonyl (C=O) groups is 3. The maximum Gasteiger partial charge on any atom is 0.329 e. The van der Waals surface area contributed by atoms with Crippen molar-refractivity contribution in [3.05, 3.63) is 23.8 Å². The van der Waals surface area contributed by atoms with Crippen molar-refractivity contribution < 1.29 is 23.9 Å². The molecule has 0 N–H and O–H groups in total. The van der Waals surface area contributed by atoms with E-state index in [1.165, 1.54) is 4.90 Å². The molecule has 0 radical (unpaired) electrons. The Morgan fingerprint density at radius 1 is 1.19 bits per heavy atom. The van der Waals surface area contributed by atoms with Gasteiger partial charge in [0, 0.05) is 12.0 Å². The molecular formula is C21H29NO5. The maximum absolute atomic E-state index is 13.1. The number of fused-ring (bicyclic) bond motifs is 1. The van der Waals surface area contributed by atoms with Gasteiger partial charge in [0.1, 0.15) is 11.8 Å². The molecule has 0 aromatic heterocycles. The van der Waals surface area contributed by atoms with Crippen LogP contribution in [0.1, 0.15) is 64.7 Å². The molecule has 1 aliphatic rings. The van der Waals surface area contributed by atoms with E-state index in [9.17, 15) is 14.4 Å². The highest BCUT2D eigenvalue weighted by Crippen LogP contribution is 2.38. The molecular weight excluding hydrogens is 346 g/mol. The van der Waals surface area contributed by atoms with Gasteiger partial charge in [0.05, 0.1) is 11.8 Å². The molecule has 1 amide bonds. The second-order valence-electron chi connectivity index (χ2n) is 7.28. The Balaban J connectivity index is 2.48. The summed E-state index contributed by atoms with van der Waals surface area (Å²) in [6.07, 6.45) is 0.123. The number of nitrogens with zero attached hydrogens (tertiary/aromatic N) is 1. The molecule has 0 spiro atoms. The van der Waals surface area contributed by atoms with E-state index in [4.69, 9.17) is 9.47 Å². The quantitative estimate of drug-likeness (QED) is 0.536. The number of hydrogen-bond acceptors (Lipinski definition) is 5. The number of benzene rings is 1. The van der Waals surface area contributed by atoms with Crippen LogP contribution in [0.4, 0.5) is 5.69 Å². The third kappa shape index (κ3) is 4.31. The Morgan fingerprint density at radius 3 is 2.41 bits per heavy atom. The van der Waals surface area contributed by atoms with Gasteiger partial charge < -0.3 is 9.47 Å². The number of rotatable bonds is 7. The van der Waals surface area contributed by atoms with Crippen molar-refractivity contribution in [2.45, 2.75) is 72.6 Å². The first-order chi connectivity index (χ1) is 12.7. The lowest BCUT2D eigenvalue weighted by Crippen LogP contribution is -2.54. The summed E-state index contributed by atoms with van der Waals surface area (Å²) in [5.74, 6) is -0.384. The molecule has 148 valence electrons. The topological polar surface area (TPSA) is 72.9 Å². The minimum atomic E-state index is -0.817. The first kappa shape index (κ1) is 20.9. The van der Waals surface area contributed by atoms with Gasteiger partial charge in [0.15, 0.2) is 11.9 Å². The van der Waals surface area contributed by atoms with Crippen LogP contribution in [0.15, 0.2) is 18.2 Å². The molecule has 0 bridgehead atoms. The number of ether oxygens (including phenoxy) is 2. The van der Waals surface area contributed by atoms with Crippen LogP contribution in [0.25, 0.3) is 0 Å². The fraction of sp³-hybridized carbons (Fsp3) is 0.571. The van der Waals surface area contributed by atoms with E-state index in [1.807, 2.05) is 27.7 Å². The molecule has 2 rings (SSSR count). The van der Waals surface area contributed by atoms with Gasteiger partial charge in [-0.2, -0.15) is 0 Å². The lowest BCUT2D eigenvalue weighted by Gasteiger charge is -2.38. The fourth-order valence-corrected chi connectivity index (χ4v) is 2.93. The lowest BCUT2D eigenvalue weighted by molar-refractivity contribution is -0.151. The van der Waals surface area contributed by atoms with Crippen LogP contribution in [0, 0.1) is 5.92 Å². The van der Waals surface area contributed by atoms with Crippen molar-refractivity contribution in [3.8, 4) is 5.75 Å². The van der Waals surface area contributed by atoms with Gasteiger partial charge >= 0.3 is 5.97 Å². The Morgan fingerprint density at radius 2 is 1.85 bits per heavy atom. The number of esters is 1. The predicted octanol–water partition coefficient (Wildman–Crippen LogP) is 3.76. The monoisotopic (exact) mass is 375 g/mol. The van der Waals surface area contributed by atoms with E-state index in [0.717, 1.165) is 0 Å². The standard InChI is InChI=1S/C21H29NO5/c1-7-13(5)26-21(25)14(6)22-16-11-15(17(23)8-2)9-10-18(16)27-19(12(3)4)20(22)24/h9-14,19H,7-8H2,1-6H3. The number of anilines is 1. The number of hydrogen-bond donors (Lipinski definition) is 0. The Labute approximate surface area is 160 Å². The second kappa shape index (κ2) is 8.55. The van der Waals surface area contributed by atoms with Crippen LogP contribution in [0.2, 0.25) is 0 Å². The number of ketones is 1. The summed E-state index contributed by atoms with van der Waals surface area (Å²) in [5.41, 5.74) is 0.924. The van der Waals surface area contributed by atoms with Gasteiger partial charge in [-0.15, -0.1) is 0 Å². The Hall–Kier alpha value is -2.37. The zero-order chi connectivity index (χ0) is 20.3. The van der Waals surface area contributed by atoms with Crippen LogP contribution in [0.3, 0.4) is 0 Å². The SMILES string of the molecule is CCC(=O)c1ccc2c(c1)N(C(C)C(=O)OC(C)CC)C(=O)C(C(C)C)O2. The molecule has 1 aromatic carbocycles. The smallest absolute Gasteiger partial charge is 0.329 e. The molecule has 0 aliphatic carbocycles. The van der Waals surface area contributed by atoms with E-state index in [1.54, 1.807) is 32.0 Å². The van der Waals surface area contributed by atoms with Gasteiger partial charge in [-0.3, -0.25) is 14.5 Å². The normalized spacial score (nSPS) is 18.6. The van der Waals surface area contributed by atoms with Gasteiger partial charge in [-0.05, 0) is 44.4 Å². The predicted molar refractivity (Wildman–Crippen MR) is 103 cm³/mol. The first-order valence-electron chi connectivity index (χ1n) is 9.58. The van der Waals surface area contributed by atoms with Crippen LogP contribution in [-0.4, -0.2) is 35.9 Å². The lowest BCUT2D eigenvalue weighted by atomic mass is 10.00. The molecule has 1 aliphatic heterocycles. The number of amides is 1. The minimum absolute atomic E-state index is 0.0361. The molecule has 0 saturated heterocycles. The first-order valence-corrected chi connectivity index (χ1v) is 9.58. The number of carbonyl (C=O) groups excluding carboxylic acids is 3. The molecule has 6 nitrogen and oxygen atoms in total.